The normalized spacial score (nSPS) is 9.65. The standard InChI is InChI=1S/C15H14N2O3/c1-18-14-8-11(9-16)6-7-13(14)20-10-12-4-3-5-15(17-12)19-2/h3-8H,10H2,1-2H3. The van der Waals surface area contributed by atoms with Crippen LogP contribution in [0.2, 0.25) is 0 Å². The number of hydrogen-bond acceptors (Lipinski definition) is 5. The molecule has 0 saturated heterocycles. The highest BCUT2D eigenvalue weighted by Crippen LogP contribution is 2.28. The maximum Gasteiger partial charge on any atom is 0.213 e. The topological polar surface area (TPSA) is 64.4 Å². The smallest absolute Gasteiger partial charge is 0.213 e. The zero-order valence-corrected chi connectivity index (χ0v) is 11.3. The molecule has 102 valence electrons. The van der Waals surface area contributed by atoms with Crippen LogP contribution in [0.25, 0.3) is 0 Å². The first-order valence-electron chi connectivity index (χ1n) is 5.97. The molecule has 5 nitrogen and oxygen atoms in total. The van der Waals surface area contributed by atoms with Crippen LogP contribution < -0.4 is 14.2 Å². The van der Waals surface area contributed by atoms with Crippen molar-refractivity contribution in [1.82, 2.24) is 4.98 Å². The Morgan fingerprint density at radius 2 is 1.95 bits per heavy atom. The van der Waals surface area contributed by atoms with Crippen molar-refractivity contribution in [3.8, 4) is 23.4 Å². The predicted octanol–water partition coefficient (Wildman–Crippen LogP) is 2.55. The second kappa shape index (κ2) is 6.43. The van der Waals surface area contributed by atoms with Gasteiger partial charge in [0.1, 0.15) is 6.61 Å². The van der Waals surface area contributed by atoms with Gasteiger partial charge in [-0.25, -0.2) is 4.98 Å². The van der Waals surface area contributed by atoms with Crippen LogP contribution in [-0.4, -0.2) is 19.2 Å². The van der Waals surface area contributed by atoms with Crippen molar-refractivity contribution in [3.63, 3.8) is 0 Å². The van der Waals surface area contributed by atoms with Crippen LogP contribution in [0.1, 0.15) is 11.3 Å². The number of hydrogen-bond donors (Lipinski definition) is 0. The quantitative estimate of drug-likeness (QED) is 0.835. The molecule has 1 heterocycles. The zero-order chi connectivity index (χ0) is 14.4. The number of ether oxygens (including phenoxy) is 3. The van der Waals surface area contributed by atoms with Crippen molar-refractivity contribution in [2.75, 3.05) is 14.2 Å². The number of pyridine rings is 1. The van der Waals surface area contributed by atoms with Crippen LogP contribution in [0.5, 0.6) is 17.4 Å². The Morgan fingerprint density at radius 3 is 2.65 bits per heavy atom. The molecule has 0 aliphatic heterocycles. The minimum atomic E-state index is 0.291. The lowest BCUT2D eigenvalue weighted by atomic mass is 10.2. The van der Waals surface area contributed by atoms with Crippen molar-refractivity contribution in [3.05, 3.63) is 47.7 Å². The highest BCUT2D eigenvalue weighted by atomic mass is 16.5. The SMILES string of the molecule is COc1cccc(COc2ccc(C#N)cc2OC)n1. The molecule has 0 fully saturated rings. The molecular formula is C15H14N2O3. The average molecular weight is 270 g/mol. The third-order valence-electron chi connectivity index (χ3n) is 2.66. The van der Waals surface area contributed by atoms with Gasteiger partial charge in [0, 0.05) is 12.1 Å². The van der Waals surface area contributed by atoms with E-state index in [2.05, 4.69) is 11.1 Å². The molecule has 0 bridgehead atoms. The van der Waals surface area contributed by atoms with Crippen molar-refractivity contribution in [2.24, 2.45) is 0 Å². The molecule has 0 aliphatic carbocycles. The van der Waals surface area contributed by atoms with E-state index in [9.17, 15) is 0 Å². The molecule has 5 heteroatoms. The fourth-order valence-corrected chi connectivity index (χ4v) is 1.66. The van der Waals surface area contributed by atoms with Crippen LogP contribution in [-0.2, 0) is 6.61 Å². The number of aromatic nitrogens is 1. The van der Waals surface area contributed by atoms with Gasteiger partial charge in [-0.05, 0) is 18.2 Å². The molecule has 0 amide bonds. The highest BCUT2D eigenvalue weighted by Gasteiger charge is 2.07. The van der Waals surface area contributed by atoms with E-state index < -0.39 is 0 Å². The minimum Gasteiger partial charge on any atom is -0.493 e. The monoisotopic (exact) mass is 270 g/mol. The second-order valence-electron chi connectivity index (χ2n) is 3.94. The first kappa shape index (κ1) is 13.7. The molecule has 0 spiro atoms. The maximum absolute atomic E-state index is 8.84. The number of rotatable bonds is 5. The first-order valence-corrected chi connectivity index (χ1v) is 5.97. The molecule has 0 aliphatic rings. The Hall–Kier alpha value is -2.74. The van der Waals surface area contributed by atoms with E-state index in [4.69, 9.17) is 19.5 Å². The third-order valence-corrected chi connectivity index (χ3v) is 2.66. The van der Waals surface area contributed by atoms with Gasteiger partial charge in [0.2, 0.25) is 5.88 Å². The summed E-state index contributed by atoms with van der Waals surface area (Å²) in [7, 11) is 3.10. The summed E-state index contributed by atoms with van der Waals surface area (Å²) in [6, 6.07) is 12.5. The summed E-state index contributed by atoms with van der Waals surface area (Å²) in [5.74, 6) is 1.63. The predicted molar refractivity (Wildman–Crippen MR) is 72.8 cm³/mol. The Bertz CT molecular complexity index is 635. The Morgan fingerprint density at radius 1 is 1.10 bits per heavy atom. The molecular weight excluding hydrogens is 256 g/mol. The lowest BCUT2D eigenvalue weighted by Crippen LogP contribution is -2.01. The van der Waals surface area contributed by atoms with Gasteiger partial charge in [-0.15, -0.1) is 0 Å². The average Bonchev–Trinajstić information content (AvgIpc) is 2.52. The summed E-state index contributed by atoms with van der Waals surface area (Å²) in [5.41, 5.74) is 1.27. The van der Waals surface area contributed by atoms with Gasteiger partial charge in [-0.2, -0.15) is 5.26 Å². The van der Waals surface area contributed by atoms with E-state index in [0.717, 1.165) is 5.69 Å². The number of methoxy groups -OCH3 is 2. The van der Waals surface area contributed by atoms with Gasteiger partial charge < -0.3 is 14.2 Å². The van der Waals surface area contributed by atoms with Crippen molar-refractivity contribution in [2.45, 2.75) is 6.61 Å². The molecule has 0 radical (unpaired) electrons. The van der Waals surface area contributed by atoms with Crippen molar-refractivity contribution in [1.29, 1.82) is 5.26 Å². The number of benzene rings is 1. The third kappa shape index (κ3) is 3.18. The largest absolute Gasteiger partial charge is 0.493 e. The van der Waals surface area contributed by atoms with Crippen LogP contribution in [0.15, 0.2) is 36.4 Å². The molecule has 0 saturated carbocycles. The van der Waals surface area contributed by atoms with Gasteiger partial charge in [0.05, 0.1) is 31.5 Å². The van der Waals surface area contributed by atoms with E-state index in [1.165, 1.54) is 7.11 Å². The summed E-state index contributed by atoms with van der Waals surface area (Å²) >= 11 is 0. The van der Waals surface area contributed by atoms with Gasteiger partial charge in [0.25, 0.3) is 0 Å². The van der Waals surface area contributed by atoms with Gasteiger partial charge in [0.15, 0.2) is 11.5 Å². The Balaban J connectivity index is 2.12. The van der Waals surface area contributed by atoms with Gasteiger partial charge in [-0.3, -0.25) is 0 Å². The van der Waals surface area contributed by atoms with Crippen LogP contribution in [0.3, 0.4) is 0 Å². The molecule has 1 aromatic heterocycles. The van der Waals surface area contributed by atoms with Crippen molar-refractivity contribution >= 4 is 0 Å². The number of nitrogens with zero attached hydrogens (tertiary/aromatic N) is 2. The maximum atomic E-state index is 8.84. The summed E-state index contributed by atoms with van der Waals surface area (Å²) in [4.78, 5) is 4.26. The van der Waals surface area contributed by atoms with Crippen LogP contribution in [0, 0.1) is 11.3 Å². The molecule has 0 N–H and O–H groups in total. The summed E-state index contributed by atoms with van der Waals surface area (Å²) in [6.07, 6.45) is 0. The van der Waals surface area contributed by atoms with Gasteiger partial charge >= 0.3 is 0 Å². The molecule has 0 atom stereocenters. The lowest BCUT2D eigenvalue weighted by molar-refractivity contribution is 0.278. The van der Waals surface area contributed by atoms with E-state index in [1.54, 1.807) is 31.4 Å². The highest BCUT2D eigenvalue weighted by molar-refractivity contribution is 5.46. The molecule has 1 aromatic carbocycles. The zero-order valence-electron chi connectivity index (χ0n) is 11.3. The molecule has 0 unspecified atom stereocenters. The summed E-state index contributed by atoms with van der Waals surface area (Å²) in [5, 5.41) is 8.84. The summed E-state index contributed by atoms with van der Waals surface area (Å²) in [6.45, 7) is 0.291. The minimum absolute atomic E-state index is 0.291. The van der Waals surface area contributed by atoms with E-state index >= 15 is 0 Å². The van der Waals surface area contributed by atoms with Crippen LogP contribution >= 0.6 is 0 Å². The Kier molecular flexibility index (Phi) is 4.40. The van der Waals surface area contributed by atoms with E-state index in [1.807, 2.05) is 12.1 Å². The fourth-order valence-electron chi connectivity index (χ4n) is 1.66. The fraction of sp³-hybridized carbons (Fsp3) is 0.200. The van der Waals surface area contributed by atoms with E-state index in [-0.39, 0.29) is 0 Å². The van der Waals surface area contributed by atoms with Crippen LogP contribution in [0.4, 0.5) is 0 Å². The first-order chi connectivity index (χ1) is 9.76. The van der Waals surface area contributed by atoms with E-state index in [0.29, 0.717) is 29.5 Å². The molecule has 2 aromatic rings. The summed E-state index contributed by atoms with van der Waals surface area (Å²) < 4.78 is 15.9. The molecule has 2 rings (SSSR count). The Labute approximate surface area is 117 Å². The van der Waals surface area contributed by atoms with Gasteiger partial charge in [-0.1, -0.05) is 6.07 Å². The van der Waals surface area contributed by atoms with Crippen molar-refractivity contribution < 1.29 is 14.2 Å². The lowest BCUT2D eigenvalue weighted by Gasteiger charge is -2.10. The molecule has 20 heavy (non-hydrogen) atoms. The second-order valence-corrected chi connectivity index (χ2v) is 3.94. The number of nitriles is 1.